The first-order chi connectivity index (χ1) is 8.00. The molecule has 0 spiro atoms. The van der Waals surface area contributed by atoms with Crippen molar-refractivity contribution in [2.75, 3.05) is 0 Å². The molecule has 5 nitrogen and oxygen atoms in total. The third-order valence-electron chi connectivity index (χ3n) is 2.25. The highest BCUT2D eigenvalue weighted by atomic mass is 16.4. The van der Waals surface area contributed by atoms with Crippen molar-refractivity contribution in [1.29, 1.82) is 0 Å². The second-order valence-corrected chi connectivity index (χ2v) is 3.77. The Morgan fingerprint density at radius 3 is 2.35 bits per heavy atom. The van der Waals surface area contributed by atoms with E-state index in [0.29, 0.717) is 0 Å². The van der Waals surface area contributed by atoms with Gasteiger partial charge in [0, 0.05) is 0 Å². The molecule has 0 radical (unpaired) electrons. The van der Waals surface area contributed by atoms with Crippen molar-refractivity contribution in [3.8, 4) is 0 Å². The van der Waals surface area contributed by atoms with Gasteiger partial charge in [0.25, 0.3) is 0 Å². The van der Waals surface area contributed by atoms with Crippen LogP contribution in [-0.4, -0.2) is 28.3 Å². The van der Waals surface area contributed by atoms with Gasteiger partial charge in [-0.05, 0) is 18.9 Å². The van der Waals surface area contributed by atoms with Crippen LogP contribution in [-0.2, 0) is 16.0 Å². The second-order valence-electron chi connectivity index (χ2n) is 3.77. The van der Waals surface area contributed by atoms with Gasteiger partial charge in [0.2, 0.25) is 5.91 Å². The van der Waals surface area contributed by atoms with Crippen LogP contribution in [0, 0.1) is 5.92 Å². The van der Waals surface area contributed by atoms with Gasteiger partial charge in [-0.25, -0.2) is 0 Å². The molecule has 17 heavy (non-hydrogen) atoms. The summed E-state index contributed by atoms with van der Waals surface area (Å²) in [5.74, 6) is -3.07. The van der Waals surface area contributed by atoms with Crippen LogP contribution in [0.1, 0.15) is 12.5 Å². The number of aliphatic carboxylic acids is 1. The van der Waals surface area contributed by atoms with Crippen molar-refractivity contribution in [2.24, 2.45) is 5.92 Å². The molecule has 0 bridgehead atoms. The van der Waals surface area contributed by atoms with Crippen molar-refractivity contribution >= 4 is 11.9 Å². The average Bonchev–Trinajstić information content (AvgIpc) is 2.25. The molecule has 0 aliphatic heterocycles. The van der Waals surface area contributed by atoms with E-state index < -0.39 is 24.0 Å². The Hall–Kier alpha value is -1.88. The standard InChI is InChI=1S/C12H15NO4/c1-8(14)13-11(15)10(12(16)17)7-9-5-3-2-4-6-9/h2-6,8,10,14H,7H2,1H3,(H,13,15)(H,16,17). The van der Waals surface area contributed by atoms with Crippen LogP contribution in [0.25, 0.3) is 0 Å². The quantitative estimate of drug-likeness (QED) is 0.510. The topological polar surface area (TPSA) is 86.6 Å². The third-order valence-corrected chi connectivity index (χ3v) is 2.25. The van der Waals surface area contributed by atoms with E-state index in [0.717, 1.165) is 5.56 Å². The number of benzene rings is 1. The lowest BCUT2D eigenvalue weighted by atomic mass is 9.98. The summed E-state index contributed by atoms with van der Waals surface area (Å²) in [6.07, 6.45) is -0.950. The molecule has 0 saturated heterocycles. The molecule has 0 aliphatic rings. The van der Waals surface area contributed by atoms with Gasteiger partial charge in [-0.15, -0.1) is 0 Å². The molecule has 2 unspecified atom stereocenters. The summed E-state index contributed by atoms with van der Waals surface area (Å²) in [6, 6.07) is 8.88. The predicted molar refractivity (Wildman–Crippen MR) is 61.1 cm³/mol. The number of carboxylic acid groups (broad SMARTS) is 1. The fraction of sp³-hybridized carbons (Fsp3) is 0.333. The minimum absolute atomic E-state index is 0.106. The molecule has 0 aliphatic carbocycles. The van der Waals surface area contributed by atoms with Crippen molar-refractivity contribution in [1.82, 2.24) is 5.32 Å². The Morgan fingerprint density at radius 1 is 1.29 bits per heavy atom. The van der Waals surface area contributed by atoms with Gasteiger partial charge in [0.05, 0.1) is 0 Å². The number of carbonyl (C=O) groups excluding carboxylic acids is 1. The molecule has 3 N–H and O–H groups in total. The maximum Gasteiger partial charge on any atom is 0.316 e. The zero-order valence-corrected chi connectivity index (χ0v) is 9.46. The maximum atomic E-state index is 11.5. The third kappa shape index (κ3) is 4.24. The summed E-state index contributed by atoms with van der Waals surface area (Å²) in [7, 11) is 0. The lowest BCUT2D eigenvalue weighted by Gasteiger charge is -2.14. The monoisotopic (exact) mass is 237 g/mol. The maximum absolute atomic E-state index is 11.5. The van der Waals surface area contributed by atoms with Gasteiger partial charge >= 0.3 is 5.97 Å². The number of aliphatic hydroxyl groups is 1. The van der Waals surface area contributed by atoms with Gasteiger partial charge in [0.15, 0.2) is 0 Å². The van der Waals surface area contributed by atoms with Gasteiger partial charge in [0.1, 0.15) is 12.1 Å². The highest BCUT2D eigenvalue weighted by molar-refractivity contribution is 5.97. The first-order valence-electron chi connectivity index (χ1n) is 5.26. The minimum Gasteiger partial charge on any atom is -0.481 e. The van der Waals surface area contributed by atoms with E-state index in [1.807, 2.05) is 6.07 Å². The summed E-state index contributed by atoms with van der Waals surface area (Å²) in [4.78, 5) is 22.5. The second kappa shape index (κ2) is 6.00. The van der Waals surface area contributed by atoms with Crippen LogP contribution in [0.5, 0.6) is 0 Å². The fourth-order valence-electron chi connectivity index (χ4n) is 1.45. The van der Waals surface area contributed by atoms with Gasteiger partial charge in [-0.1, -0.05) is 30.3 Å². The summed E-state index contributed by atoms with van der Waals surface area (Å²) in [5.41, 5.74) is 0.764. The van der Waals surface area contributed by atoms with E-state index in [4.69, 9.17) is 10.2 Å². The number of hydrogen-bond donors (Lipinski definition) is 3. The Bertz CT molecular complexity index is 389. The zero-order valence-electron chi connectivity index (χ0n) is 9.46. The fourth-order valence-corrected chi connectivity index (χ4v) is 1.45. The summed E-state index contributed by atoms with van der Waals surface area (Å²) < 4.78 is 0. The molecule has 0 heterocycles. The van der Waals surface area contributed by atoms with Crippen LogP contribution >= 0.6 is 0 Å². The summed E-state index contributed by atoms with van der Waals surface area (Å²) in [6.45, 7) is 1.36. The van der Waals surface area contributed by atoms with Crippen LogP contribution in [0.4, 0.5) is 0 Å². The highest BCUT2D eigenvalue weighted by Gasteiger charge is 2.26. The summed E-state index contributed by atoms with van der Waals surface area (Å²) >= 11 is 0. The van der Waals surface area contributed by atoms with E-state index >= 15 is 0 Å². The number of carboxylic acids is 1. The molecule has 0 saturated carbocycles. The lowest BCUT2D eigenvalue weighted by molar-refractivity contribution is -0.147. The van der Waals surface area contributed by atoms with Crippen molar-refractivity contribution in [2.45, 2.75) is 19.6 Å². The van der Waals surface area contributed by atoms with Gasteiger partial charge in [-0.3, -0.25) is 9.59 Å². The molecule has 0 fully saturated rings. The Morgan fingerprint density at radius 2 is 1.88 bits per heavy atom. The molecular weight excluding hydrogens is 222 g/mol. The number of amides is 1. The van der Waals surface area contributed by atoms with Gasteiger partial charge < -0.3 is 15.5 Å². The minimum atomic E-state index is -1.20. The molecular formula is C12H15NO4. The molecule has 92 valence electrons. The zero-order chi connectivity index (χ0) is 12.8. The normalized spacial score (nSPS) is 13.8. The number of rotatable bonds is 5. The summed E-state index contributed by atoms with van der Waals surface area (Å²) in [5, 5.41) is 20.2. The van der Waals surface area contributed by atoms with E-state index in [2.05, 4.69) is 5.32 Å². The predicted octanol–water partition coefficient (Wildman–Crippen LogP) is 0.384. The van der Waals surface area contributed by atoms with Crippen molar-refractivity contribution < 1.29 is 19.8 Å². The molecule has 1 aromatic carbocycles. The lowest BCUT2D eigenvalue weighted by Crippen LogP contribution is -2.41. The van der Waals surface area contributed by atoms with Crippen LogP contribution in [0.3, 0.4) is 0 Å². The largest absolute Gasteiger partial charge is 0.481 e. The van der Waals surface area contributed by atoms with Crippen LogP contribution < -0.4 is 5.32 Å². The molecule has 1 amide bonds. The Kier molecular flexibility index (Phi) is 4.66. The molecule has 1 rings (SSSR count). The number of hydrogen-bond acceptors (Lipinski definition) is 3. The SMILES string of the molecule is CC(O)NC(=O)C(Cc1ccccc1)C(=O)O. The average molecular weight is 237 g/mol. The molecule has 1 aromatic rings. The smallest absolute Gasteiger partial charge is 0.316 e. The molecule has 2 atom stereocenters. The number of carbonyl (C=O) groups is 2. The molecule has 5 heteroatoms. The Balaban J connectivity index is 2.74. The van der Waals surface area contributed by atoms with E-state index in [9.17, 15) is 9.59 Å². The van der Waals surface area contributed by atoms with E-state index in [-0.39, 0.29) is 6.42 Å². The van der Waals surface area contributed by atoms with Crippen LogP contribution in [0.2, 0.25) is 0 Å². The van der Waals surface area contributed by atoms with Crippen LogP contribution in [0.15, 0.2) is 30.3 Å². The Labute approximate surface area is 99.1 Å². The van der Waals surface area contributed by atoms with E-state index in [1.165, 1.54) is 6.92 Å². The van der Waals surface area contributed by atoms with Gasteiger partial charge in [-0.2, -0.15) is 0 Å². The number of nitrogens with one attached hydrogen (secondary N) is 1. The molecule has 0 aromatic heterocycles. The number of aliphatic hydroxyl groups excluding tert-OH is 1. The van der Waals surface area contributed by atoms with Crippen molar-refractivity contribution in [3.05, 3.63) is 35.9 Å². The van der Waals surface area contributed by atoms with Crippen molar-refractivity contribution in [3.63, 3.8) is 0 Å². The first-order valence-corrected chi connectivity index (χ1v) is 5.26. The van der Waals surface area contributed by atoms with E-state index in [1.54, 1.807) is 24.3 Å². The first kappa shape index (κ1) is 13.2. The highest BCUT2D eigenvalue weighted by Crippen LogP contribution is 2.09.